The highest BCUT2D eigenvalue weighted by atomic mass is 16.5. The molecule has 0 radical (unpaired) electrons. The summed E-state index contributed by atoms with van der Waals surface area (Å²) in [6.45, 7) is 7.24. The largest absolute Gasteiger partial charge is 0.380 e. The number of carbonyl (C=O) groups excluding carboxylic acids is 1. The summed E-state index contributed by atoms with van der Waals surface area (Å²) in [5.41, 5.74) is 0.548. The standard InChI is InChI=1S/C14H23N3O2/c1-5-19-9-12(10(2)3)17-14(18)11-7-6-8-16-13(11)15-4/h6-8,10,12H,5,9H2,1-4H3,(H,15,16)(H,17,18). The maximum Gasteiger partial charge on any atom is 0.255 e. The van der Waals surface area contributed by atoms with Crippen LogP contribution in [0.1, 0.15) is 31.1 Å². The Labute approximate surface area is 114 Å². The van der Waals surface area contributed by atoms with Crippen molar-refractivity contribution in [1.29, 1.82) is 0 Å². The monoisotopic (exact) mass is 265 g/mol. The first-order chi connectivity index (χ1) is 9.10. The Balaban J connectivity index is 2.76. The third kappa shape index (κ3) is 4.52. The first-order valence-corrected chi connectivity index (χ1v) is 6.61. The Morgan fingerprint density at radius 3 is 2.79 bits per heavy atom. The fourth-order valence-corrected chi connectivity index (χ4v) is 1.68. The van der Waals surface area contributed by atoms with Crippen LogP contribution in [0.2, 0.25) is 0 Å². The minimum atomic E-state index is -0.129. The molecule has 0 saturated carbocycles. The first kappa shape index (κ1) is 15.4. The highest BCUT2D eigenvalue weighted by Gasteiger charge is 2.19. The topological polar surface area (TPSA) is 63.2 Å². The highest BCUT2D eigenvalue weighted by Crippen LogP contribution is 2.12. The average Bonchev–Trinajstić information content (AvgIpc) is 2.42. The first-order valence-electron chi connectivity index (χ1n) is 6.61. The average molecular weight is 265 g/mol. The molecule has 0 fully saturated rings. The Morgan fingerprint density at radius 2 is 2.21 bits per heavy atom. The summed E-state index contributed by atoms with van der Waals surface area (Å²) in [5, 5.41) is 5.92. The van der Waals surface area contributed by atoms with E-state index in [0.29, 0.717) is 30.5 Å². The van der Waals surface area contributed by atoms with Gasteiger partial charge in [0.15, 0.2) is 0 Å². The van der Waals surface area contributed by atoms with Crippen molar-refractivity contribution in [2.24, 2.45) is 5.92 Å². The van der Waals surface area contributed by atoms with Crippen LogP contribution in [-0.4, -0.2) is 37.2 Å². The summed E-state index contributed by atoms with van der Waals surface area (Å²) < 4.78 is 5.40. The Hall–Kier alpha value is -1.62. The van der Waals surface area contributed by atoms with Crippen LogP contribution in [0.4, 0.5) is 5.82 Å². The zero-order valence-corrected chi connectivity index (χ0v) is 12.1. The Bertz CT molecular complexity index is 407. The number of carbonyl (C=O) groups is 1. The van der Waals surface area contributed by atoms with Crippen molar-refractivity contribution < 1.29 is 9.53 Å². The molecule has 0 saturated heterocycles. The molecule has 19 heavy (non-hydrogen) atoms. The summed E-state index contributed by atoms with van der Waals surface area (Å²) in [6.07, 6.45) is 1.66. The predicted molar refractivity (Wildman–Crippen MR) is 76.4 cm³/mol. The number of ether oxygens (including phenoxy) is 1. The van der Waals surface area contributed by atoms with Crippen LogP contribution in [0, 0.1) is 5.92 Å². The number of hydrogen-bond acceptors (Lipinski definition) is 4. The Morgan fingerprint density at radius 1 is 1.47 bits per heavy atom. The second-order valence-electron chi connectivity index (χ2n) is 4.63. The van der Waals surface area contributed by atoms with Crippen molar-refractivity contribution in [2.45, 2.75) is 26.8 Å². The normalized spacial score (nSPS) is 12.3. The number of amides is 1. The summed E-state index contributed by atoms with van der Waals surface area (Å²) >= 11 is 0. The lowest BCUT2D eigenvalue weighted by Gasteiger charge is -2.22. The number of nitrogens with one attached hydrogen (secondary N) is 2. The van der Waals surface area contributed by atoms with Gasteiger partial charge in [-0.05, 0) is 25.0 Å². The lowest BCUT2D eigenvalue weighted by Crippen LogP contribution is -2.42. The summed E-state index contributed by atoms with van der Waals surface area (Å²) in [5.74, 6) is 0.764. The van der Waals surface area contributed by atoms with Gasteiger partial charge in [0.2, 0.25) is 0 Å². The summed E-state index contributed by atoms with van der Waals surface area (Å²) in [7, 11) is 1.75. The molecule has 0 aromatic carbocycles. The molecule has 0 aliphatic rings. The smallest absolute Gasteiger partial charge is 0.255 e. The lowest BCUT2D eigenvalue weighted by atomic mass is 10.0. The van der Waals surface area contributed by atoms with Crippen molar-refractivity contribution in [3.63, 3.8) is 0 Å². The van der Waals surface area contributed by atoms with Gasteiger partial charge in [-0.25, -0.2) is 4.98 Å². The van der Waals surface area contributed by atoms with Crippen LogP contribution < -0.4 is 10.6 Å². The van der Waals surface area contributed by atoms with Gasteiger partial charge in [-0.1, -0.05) is 13.8 Å². The van der Waals surface area contributed by atoms with Gasteiger partial charge >= 0.3 is 0 Å². The quantitative estimate of drug-likeness (QED) is 0.790. The van der Waals surface area contributed by atoms with Crippen LogP contribution in [-0.2, 0) is 4.74 Å². The number of rotatable bonds is 7. The molecule has 1 amide bonds. The molecule has 1 aromatic rings. The predicted octanol–water partition coefficient (Wildman–Crippen LogP) is 1.91. The van der Waals surface area contributed by atoms with Gasteiger partial charge in [0.05, 0.1) is 18.2 Å². The number of hydrogen-bond donors (Lipinski definition) is 2. The molecular formula is C14H23N3O2. The zero-order chi connectivity index (χ0) is 14.3. The van der Waals surface area contributed by atoms with Gasteiger partial charge in [0.1, 0.15) is 5.82 Å². The SMILES string of the molecule is CCOCC(NC(=O)c1cccnc1NC)C(C)C. The van der Waals surface area contributed by atoms with E-state index >= 15 is 0 Å². The highest BCUT2D eigenvalue weighted by molar-refractivity contribution is 5.98. The van der Waals surface area contributed by atoms with E-state index in [2.05, 4.69) is 29.5 Å². The molecule has 5 nitrogen and oxygen atoms in total. The van der Waals surface area contributed by atoms with E-state index in [-0.39, 0.29) is 11.9 Å². The van der Waals surface area contributed by atoms with Crippen molar-refractivity contribution in [1.82, 2.24) is 10.3 Å². The Kier molecular flexibility index (Phi) is 6.29. The fourth-order valence-electron chi connectivity index (χ4n) is 1.68. The fraction of sp³-hybridized carbons (Fsp3) is 0.571. The molecule has 106 valence electrons. The minimum Gasteiger partial charge on any atom is -0.380 e. The maximum atomic E-state index is 12.3. The van der Waals surface area contributed by atoms with Crippen molar-refractivity contribution >= 4 is 11.7 Å². The maximum absolute atomic E-state index is 12.3. The second kappa shape index (κ2) is 7.74. The number of nitrogens with zero attached hydrogens (tertiary/aromatic N) is 1. The van der Waals surface area contributed by atoms with Crippen molar-refractivity contribution in [2.75, 3.05) is 25.6 Å². The van der Waals surface area contributed by atoms with Gasteiger partial charge in [0.25, 0.3) is 5.91 Å². The third-order valence-electron chi connectivity index (χ3n) is 2.91. The van der Waals surface area contributed by atoms with E-state index in [0.717, 1.165) is 0 Å². The van der Waals surface area contributed by atoms with E-state index < -0.39 is 0 Å². The summed E-state index contributed by atoms with van der Waals surface area (Å²) in [4.78, 5) is 16.4. The molecule has 1 heterocycles. The van der Waals surface area contributed by atoms with E-state index in [9.17, 15) is 4.79 Å². The van der Waals surface area contributed by atoms with Gasteiger partial charge in [-0.2, -0.15) is 0 Å². The molecular weight excluding hydrogens is 242 g/mol. The van der Waals surface area contributed by atoms with Crippen molar-refractivity contribution in [3.8, 4) is 0 Å². The molecule has 1 aromatic heterocycles. The summed E-state index contributed by atoms with van der Waals surface area (Å²) in [6, 6.07) is 3.51. The van der Waals surface area contributed by atoms with Crippen molar-refractivity contribution in [3.05, 3.63) is 23.9 Å². The van der Waals surface area contributed by atoms with E-state index in [4.69, 9.17) is 4.74 Å². The minimum absolute atomic E-state index is 0.00244. The van der Waals surface area contributed by atoms with Crippen LogP contribution in [0.25, 0.3) is 0 Å². The number of aromatic nitrogens is 1. The number of anilines is 1. The molecule has 0 bridgehead atoms. The van der Waals surface area contributed by atoms with Gasteiger partial charge in [-0.3, -0.25) is 4.79 Å². The molecule has 0 aliphatic heterocycles. The second-order valence-corrected chi connectivity index (χ2v) is 4.63. The van der Waals surface area contributed by atoms with E-state index in [1.54, 1.807) is 25.4 Å². The van der Waals surface area contributed by atoms with Crippen LogP contribution in [0.3, 0.4) is 0 Å². The van der Waals surface area contributed by atoms with E-state index in [1.807, 2.05) is 6.92 Å². The molecule has 0 spiro atoms. The van der Waals surface area contributed by atoms with Crippen LogP contribution >= 0.6 is 0 Å². The molecule has 1 rings (SSSR count). The molecule has 2 N–H and O–H groups in total. The van der Waals surface area contributed by atoms with Crippen LogP contribution in [0.15, 0.2) is 18.3 Å². The third-order valence-corrected chi connectivity index (χ3v) is 2.91. The van der Waals surface area contributed by atoms with E-state index in [1.165, 1.54) is 0 Å². The van der Waals surface area contributed by atoms with Gasteiger partial charge < -0.3 is 15.4 Å². The van der Waals surface area contributed by atoms with Crippen LogP contribution in [0.5, 0.6) is 0 Å². The van der Waals surface area contributed by atoms with Gasteiger partial charge in [0, 0.05) is 19.9 Å². The molecule has 5 heteroatoms. The molecule has 1 unspecified atom stereocenters. The number of pyridine rings is 1. The molecule has 1 atom stereocenters. The van der Waals surface area contributed by atoms with Gasteiger partial charge in [-0.15, -0.1) is 0 Å². The zero-order valence-electron chi connectivity index (χ0n) is 12.1. The lowest BCUT2D eigenvalue weighted by molar-refractivity contribution is 0.0806. The molecule has 0 aliphatic carbocycles.